The summed E-state index contributed by atoms with van der Waals surface area (Å²) in [5.41, 5.74) is 2.30. The van der Waals surface area contributed by atoms with Gasteiger partial charge in [-0.2, -0.15) is 0 Å². The van der Waals surface area contributed by atoms with Gasteiger partial charge in [-0.3, -0.25) is 14.9 Å². The van der Waals surface area contributed by atoms with E-state index in [1.165, 1.54) is 18.3 Å². The molecule has 0 aliphatic carbocycles. The lowest BCUT2D eigenvalue weighted by atomic mass is 10.1. The quantitative estimate of drug-likeness (QED) is 0.564. The minimum Gasteiger partial charge on any atom is -0.484 e. The Kier molecular flexibility index (Phi) is 6.51. The molecule has 0 spiro atoms. The molecule has 28 heavy (non-hydrogen) atoms. The number of nitrogens with one attached hydrogen (secondary N) is 2. The third-order valence-corrected chi connectivity index (χ3v) is 5.01. The van der Waals surface area contributed by atoms with Crippen LogP contribution in [0.5, 0.6) is 5.75 Å². The van der Waals surface area contributed by atoms with E-state index in [0.29, 0.717) is 26.6 Å². The van der Waals surface area contributed by atoms with Gasteiger partial charge in [0, 0.05) is 29.6 Å². The molecular weight excluding hydrogens is 421 g/mol. The van der Waals surface area contributed by atoms with E-state index in [-0.39, 0.29) is 18.4 Å². The van der Waals surface area contributed by atoms with Gasteiger partial charge < -0.3 is 10.1 Å². The van der Waals surface area contributed by atoms with Gasteiger partial charge in [-0.15, -0.1) is 11.3 Å². The summed E-state index contributed by atoms with van der Waals surface area (Å²) >= 11 is 13.1. The van der Waals surface area contributed by atoms with Crippen molar-refractivity contribution in [3.63, 3.8) is 0 Å². The van der Waals surface area contributed by atoms with Crippen LogP contribution < -0.4 is 15.4 Å². The molecule has 0 atom stereocenters. The molecule has 9 heteroatoms. The minimum atomic E-state index is -0.340. The molecule has 6 nitrogen and oxygen atoms in total. The molecule has 0 aliphatic heterocycles. The Morgan fingerprint density at radius 1 is 1.07 bits per heavy atom. The van der Waals surface area contributed by atoms with Crippen LogP contribution in [0.2, 0.25) is 10.0 Å². The van der Waals surface area contributed by atoms with Gasteiger partial charge in [0.05, 0.1) is 15.7 Å². The highest BCUT2D eigenvalue weighted by atomic mass is 35.5. The van der Waals surface area contributed by atoms with E-state index < -0.39 is 0 Å². The topological polar surface area (TPSA) is 80.3 Å². The van der Waals surface area contributed by atoms with Gasteiger partial charge in [0.25, 0.3) is 5.91 Å². The Balaban J connectivity index is 1.57. The number of thiazole rings is 1. The van der Waals surface area contributed by atoms with Crippen LogP contribution in [0, 0.1) is 0 Å². The average Bonchev–Trinajstić information content (AvgIpc) is 3.11. The van der Waals surface area contributed by atoms with Gasteiger partial charge in [-0.05, 0) is 24.3 Å². The van der Waals surface area contributed by atoms with E-state index in [1.54, 1.807) is 30.3 Å². The summed E-state index contributed by atoms with van der Waals surface area (Å²) in [5.74, 6) is -0.0221. The van der Waals surface area contributed by atoms with Gasteiger partial charge in [-0.25, -0.2) is 4.98 Å². The zero-order valence-corrected chi connectivity index (χ0v) is 17.0. The summed E-state index contributed by atoms with van der Waals surface area (Å²) < 4.78 is 5.40. The largest absolute Gasteiger partial charge is 0.484 e. The van der Waals surface area contributed by atoms with E-state index in [1.807, 2.05) is 17.5 Å². The highest BCUT2D eigenvalue weighted by Crippen LogP contribution is 2.27. The molecule has 3 aromatic rings. The van der Waals surface area contributed by atoms with Crippen molar-refractivity contribution in [2.45, 2.75) is 6.92 Å². The van der Waals surface area contributed by atoms with Crippen LogP contribution in [0.1, 0.15) is 6.92 Å². The monoisotopic (exact) mass is 435 g/mol. The first kappa shape index (κ1) is 20.1. The van der Waals surface area contributed by atoms with Crippen molar-refractivity contribution in [3.8, 4) is 17.0 Å². The van der Waals surface area contributed by atoms with Crippen molar-refractivity contribution in [2.75, 3.05) is 17.2 Å². The molecular formula is C19H15Cl2N3O3S. The molecule has 1 aromatic heterocycles. The fourth-order valence-corrected chi connectivity index (χ4v) is 3.29. The summed E-state index contributed by atoms with van der Waals surface area (Å²) in [5, 5.41) is 8.47. The predicted octanol–water partition coefficient (Wildman–Crippen LogP) is 5.09. The Morgan fingerprint density at radius 2 is 1.82 bits per heavy atom. The van der Waals surface area contributed by atoms with Crippen LogP contribution in [0.4, 0.5) is 10.8 Å². The number of hydrogen-bond donors (Lipinski definition) is 2. The van der Waals surface area contributed by atoms with Gasteiger partial charge in [0.2, 0.25) is 5.91 Å². The molecule has 2 aromatic carbocycles. The number of benzene rings is 2. The minimum absolute atomic E-state index is 0.130. The maximum Gasteiger partial charge on any atom is 0.264 e. The summed E-state index contributed by atoms with van der Waals surface area (Å²) in [6.07, 6.45) is 0. The number of halogens is 2. The number of ether oxygens (including phenoxy) is 1. The zero-order chi connectivity index (χ0) is 20.1. The summed E-state index contributed by atoms with van der Waals surface area (Å²) in [6, 6.07) is 12.1. The van der Waals surface area contributed by atoms with Crippen molar-refractivity contribution in [1.82, 2.24) is 4.98 Å². The number of amides is 2. The number of carbonyl (C=O) groups excluding carboxylic acids is 2. The molecule has 144 valence electrons. The van der Waals surface area contributed by atoms with Crippen LogP contribution in [0.25, 0.3) is 11.3 Å². The molecule has 0 bridgehead atoms. The molecule has 0 radical (unpaired) electrons. The molecule has 2 N–H and O–H groups in total. The van der Waals surface area contributed by atoms with E-state index in [2.05, 4.69) is 15.6 Å². The van der Waals surface area contributed by atoms with E-state index >= 15 is 0 Å². The fourth-order valence-electron chi connectivity index (χ4n) is 2.26. The fraction of sp³-hybridized carbons (Fsp3) is 0.105. The van der Waals surface area contributed by atoms with Gasteiger partial charge >= 0.3 is 0 Å². The highest BCUT2D eigenvalue weighted by Gasteiger charge is 2.10. The van der Waals surface area contributed by atoms with Crippen LogP contribution in [0.15, 0.2) is 47.8 Å². The number of anilines is 2. The molecule has 0 saturated heterocycles. The first-order valence-corrected chi connectivity index (χ1v) is 9.75. The zero-order valence-electron chi connectivity index (χ0n) is 14.7. The van der Waals surface area contributed by atoms with Crippen LogP contribution in [0.3, 0.4) is 0 Å². The highest BCUT2D eigenvalue weighted by molar-refractivity contribution is 7.14. The average molecular weight is 436 g/mol. The predicted molar refractivity (Wildman–Crippen MR) is 112 cm³/mol. The van der Waals surface area contributed by atoms with E-state index in [0.717, 1.165) is 11.3 Å². The lowest BCUT2D eigenvalue weighted by molar-refractivity contribution is -0.118. The van der Waals surface area contributed by atoms with E-state index in [9.17, 15) is 9.59 Å². The molecule has 0 fully saturated rings. The van der Waals surface area contributed by atoms with Gasteiger partial charge in [0.15, 0.2) is 11.7 Å². The van der Waals surface area contributed by atoms with Crippen molar-refractivity contribution in [2.24, 2.45) is 0 Å². The van der Waals surface area contributed by atoms with Crippen LogP contribution in [-0.2, 0) is 9.59 Å². The Hall–Kier alpha value is -2.61. The third kappa shape index (κ3) is 5.45. The first-order chi connectivity index (χ1) is 13.4. The Labute approximate surface area is 175 Å². The maximum atomic E-state index is 12.1. The lowest BCUT2D eigenvalue weighted by Gasteiger charge is -2.06. The van der Waals surface area contributed by atoms with Crippen LogP contribution in [-0.4, -0.2) is 23.4 Å². The summed E-state index contributed by atoms with van der Waals surface area (Å²) in [6.45, 7) is 1.27. The number of carbonyl (C=O) groups is 2. The molecule has 3 rings (SSSR count). The summed E-state index contributed by atoms with van der Waals surface area (Å²) in [4.78, 5) is 27.5. The number of aromatic nitrogens is 1. The van der Waals surface area contributed by atoms with Crippen molar-refractivity contribution >= 4 is 57.2 Å². The number of rotatable bonds is 6. The molecule has 0 saturated carbocycles. The second-order valence-corrected chi connectivity index (χ2v) is 7.38. The van der Waals surface area contributed by atoms with Gasteiger partial charge in [-0.1, -0.05) is 35.3 Å². The Morgan fingerprint density at radius 3 is 2.50 bits per heavy atom. The van der Waals surface area contributed by atoms with E-state index in [4.69, 9.17) is 27.9 Å². The molecule has 1 heterocycles. The number of hydrogen-bond acceptors (Lipinski definition) is 5. The summed E-state index contributed by atoms with van der Waals surface area (Å²) in [7, 11) is 0. The second-order valence-electron chi connectivity index (χ2n) is 5.71. The Bertz CT molecular complexity index is 1010. The lowest BCUT2D eigenvalue weighted by Crippen LogP contribution is -2.20. The van der Waals surface area contributed by atoms with Crippen molar-refractivity contribution in [1.29, 1.82) is 0 Å². The maximum absolute atomic E-state index is 12.1. The second kappa shape index (κ2) is 9.05. The van der Waals surface area contributed by atoms with Crippen LogP contribution >= 0.6 is 34.5 Å². The van der Waals surface area contributed by atoms with Gasteiger partial charge in [0.1, 0.15) is 5.75 Å². The first-order valence-electron chi connectivity index (χ1n) is 8.12. The standard InChI is InChI=1S/C19H15Cl2N3O3S/c1-11(25)22-13-4-2-12(3-5-13)17-10-28-19(23-17)24-18(26)9-27-14-6-7-15(20)16(21)8-14/h2-8,10H,9H2,1H3,(H,22,25)(H,23,24,26). The molecule has 0 unspecified atom stereocenters. The van der Waals surface area contributed by atoms with Crippen molar-refractivity contribution < 1.29 is 14.3 Å². The third-order valence-electron chi connectivity index (χ3n) is 3.51. The SMILES string of the molecule is CC(=O)Nc1ccc(-c2csc(NC(=O)COc3ccc(Cl)c(Cl)c3)n2)cc1. The molecule has 2 amide bonds. The number of nitrogens with zero attached hydrogens (tertiary/aromatic N) is 1. The van der Waals surface area contributed by atoms with Crippen molar-refractivity contribution in [3.05, 3.63) is 57.9 Å². The normalized spacial score (nSPS) is 10.4. The smallest absolute Gasteiger partial charge is 0.264 e. The molecule has 0 aliphatic rings.